The highest BCUT2D eigenvalue weighted by molar-refractivity contribution is 14.0. The first kappa shape index (κ1) is 22.9. The summed E-state index contributed by atoms with van der Waals surface area (Å²) in [5, 5.41) is 7.50. The lowest BCUT2D eigenvalue weighted by Gasteiger charge is -2.13. The maximum atomic E-state index is 12.6. The van der Waals surface area contributed by atoms with Gasteiger partial charge >= 0.3 is 6.18 Å². The molecule has 0 saturated heterocycles. The number of aliphatic imine (C=N–C) groups is 1. The number of hydrogen-bond donors (Lipinski definition) is 2. The maximum absolute atomic E-state index is 12.6. The highest BCUT2D eigenvalue weighted by Gasteiger charge is 2.29. The fourth-order valence-corrected chi connectivity index (χ4v) is 2.90. The van der Waals surface area contributed by atoms with Gasteiger partial charge in [-0.15, -0.1) is 24.0 Å². The minimum absolute atomic E-state index is 0. The van der Waals surface area contributed by atoms with Gasteiger partial charge in [-0.25, -0.2) is 0 Å². The van der Waals surface area contributed by atoms with E-state index in [9.17, 15) is 13.2 Å². The van der Waals surface area contributed by atoms with E-state index < -0.39 is 11.7 Å². The first-order valence-corrected chi connectivity index (χ1v) is 8.90. The molecule has 3 rings (SSSR count). The highest BCUT2D eigenvalue weighted by Crippen LogP contribution is 2.29. The normalized spacial score (nSPS) is 11.8. The topological polar surface area (TPSA) is 49.3 Å². The number of alkyl halides is 3. The van der Waals surface area contributed by atoms with E-state index >= 15 is 0 Å². The number of rotatable bonds is 5. The predicted octanol–water partition coefficient (Wildman–Crippen LogP) is 4.78. The van der Waals surface area contributed by atoms with Crippen LogP contribution >= 0.6 is 24.0 Å². The molecule has 154 valence electrons. The summed E-state index contributed by atoms with van der Waals surface area (Å²) < 4.78 is 37.8. The standard InChI is InChI=1S/C21H21F3N4.HI/c1-25-20(27-13-11-15-7-9-18(10-8-15)21(22,23)24)28-14-17-5-2-4-16-6-3-12-26-19(16)17;/h2-10,12H,11,13-14H2,1H3,(H2,25,27,28);1H. The second kappa shape index (κ2) is 10.4. The number of nitrogens with one attached hydrogen (secondary N) is 2. The fourth-order valence-electron chi connectivity index (χ4n) is 2.90. The monoisotopic (exact) mass is 514 g/mol. The van der Waals surface area contributed by atoms with Crippen molar-refractivity contribution in [1.29, 1.82) is 0 Å². The number of pyridine rings is 1. The van der Waals surface area contributed by atoms with Crippen LogP contribution in [0.4, 0.5) is 13.2 Å². The van der Waals surface area contributed by atoms with Crippen molar-refractivity contribution in [3.63, 3.8) is 0 Å². The Kier molecular flexibility index (Phi) is 8.24. The van der Waals surface area contributed by atoms with Gasteiger partial charge in [-0.05, 0) is 35.7 Å². The van der Waals surface area contributed by atoms with Crippen molar-refractivity contribution in [2.24, 2.45) is 4.99 Å². The van der Waals surface area contributed by atoms with E-state index in [1.807, 2.05) is 30.3 Å². The molecule has 0 unspecified atom stereocenters. The lowest BCUT2D eigenvalue weighted by molar-refractivity contribution is -0.137. The predicted molar refractivity (Wildman–Crippen MR) is 121 cm³/mol. The van der Waals surface area contributed by atoms with Crippen LogP contribution < -0.4 is 10.6 Å². The van der Waals surface area contributed by atoms with E-state index in [1.54, 1.807) is 13.2 Å². The summed E-state index contributed by atoms with van der Waals surface area (Å²) in [5.41, 5.74) is 2.20. The molecule has 3 aromatic rings. The third kappa shape index (κ3) is 6.31. The van der Waals surface area contributed by atoms with Crippen molar-refractivity contribution in [2.45, 2.75) is 19.1 Å². The molecule has 0 bridgehead atoms. The van der Waals surface area contributed by atoms with Gasteiger partial charge in [-0.1, -0.05) is 36.4 Å². The van der Waals surface area contributed by atoms with Crippen LogP contribution in [0.25, 0.3) is 10.9 Å². The van der Waals surface area contributed by atoms with Gasteiger partial charge in [0.1, 0.15) is 0 Å². The lowest BCUT2D eigenvalue weighted by Crippen LogP contribution is -2.37. The van der Waals surface area contributed by atoms with Crippen molar-refractivity contribution < 1.29 is 13.2 Å². The fraction of sp³-hybridized carbons (Fsp3) is 0.238. The van der Waals surface area contributed by atoms with E-state index in [2.05, 4.69) is 20.6 Å². The van der Waals surface area contributed by atoms with Gasteiger partial charge in [-0.2, -0.15) is 13.2 Å². The van der Waals surface area contributed by atoms with Crippen LogP contribution in [0.1, 0.15) is 16.7 Å². The van der Waals surface area contributed by atoms with Crippen LogP contribution in [0.15, 0.2) is 65.8 Å². The Morgan fingerprint density at radius 3 is 2.41 bits per heavy atom. The molecule has 0 fully saturated rings. The largest absolute Gasteiger partial charge is 0.416 e. The van der Waals surface area contributed by atoms with Gasteiger partial charge < -0.3 is 10.6 Å². The number of benzene rings is 2. The average molecular weight is 514 g/mol. The summed E-state index contributed by atoms with van der Waals surface area (Å²) >= 11 is 0. The Bertz CT molecular complexity index is 951. The van der Waals surface area contributed by atoms with E-state index in [0.717, 1.165) is 34.2 Å². The Labute approximate surface area is 184 Å². The van der Waals surface area contributed by atoms with Crippen molar-refractivity contribution in [3.05, 3.63) is 77.5 Å². The van der Waals surface area contributed by atoms with Gasteiger partial charge in [0.15, 0.2) is 5.96 Å². The molecule has 0 radical (unpaired) electrons. The molecule has 0 atom stereocenters. The molecule has 4 nitrogen and oxygen atoms in total. The summed E-state index contributed by atoms with van der Waals surface area (Å²) in [4.78, 5) is 8.62. The smallest absolute Gasteiger partial charge is 0.356 e. The minimum Gasteiger partial charge on any atom is -0.356 e. The third-order valence-electron chi connectivity index (χ3n) is 4.37. The molecular weight excluding hydrogens is 492 g/mol. The van der Waals surface area contributed by atoms with Gasteiger partial charge in [-0.3, -0.25) is 9.98 Å². The Morgan fingerprint density at radius 1 is 1.00 bits per heavy atom. The van der Waals surface area contributed by atoms with Gasteiger partial charge in [0.05, 0.1) is 11.1 Å². The molecule has 0 aliphatic carbocycles. The molecule has 1 heterocycles. The second-order valence-corrected chi connectivity index (χ2v) is 6.29. The second-order valence-electron chi connectivity index (χ2n) is 6.29. The Morgan fingerprint density at radius 2 is 1.72 bits per heavy atom. The van der Waals surface area contributed by atoms with Crippen molar-refractivity contribution in [3.8, 4) is 0 Å². The number of fused-ring (bicyclic) bond motifs is 1. The molecule has 8 heteroatoms. The summed E-state index contributed by atoms with van der Waals surface area (Å²) in [6.45, 7) is 1.12. The first-order chi connectivity index (χ1) is 13.5. The molecule has 2 N–H and O–H groups in total. The van der Waals surface area contributed by atoms with Crippen LogP contribution in [0.3, 0.4) is 0 Å². The maximum Gasteiger partial charge on any atom is 0.416 e. The molecule has 0 spiro atoms. The molecule has 0 saturated carbocycles. The molecule has 2 aromatic carbocycles. The zero-order valence-corrected chi connectivity index (χ0v) is 18.2. The molecular formula is C21H22F3IN4. The number of guanidine groups is 1. The lowest BCUT2D eigenvalue weighted by atomic mass is 10.1. The van der Waals surface area contributed by atoms with E-state index in [0.29, 0.717) is 25.5 Å². The van der Waals surface area contributed by atoms with Crippen molar-refractivity contribution in [1.82, 2.24) is 15.6 Å². The quantitative estimate of drug-likeness (QED) is 0.293. The van der Waals surface area contributed by atoms with Crippen LogP contribution in [-0.2, 0) is 19.1 Å². The van der Waals surface area contributed by atoms with Gasteiger partial charge in [0.2, 0.25) is 0 Å². The summed E-state index contributed by atoms with van der Waals surface area (Å²) in [6.07, 6.45) is -1.95. The summed E-state index contributed by atoms with van der Waals surface area (Å²) in [5.74, 6) is 0.625. The first-order valence-electron chi connectivity index (χ1n) is 8.90. The molecule has 0 aliphatic rings. The third-order valence-corrected chi connectivity index (χ3v) is 4.37. The number of halogens is 4. The van der Waals surface area contributed by atoms with Crippen LogP contribution in [-0.4, -0.2) is 24.5 Å². The van der Waals surface area contributed by atoms with E-state index in [4.69, 9.17) is 0 Å². The van der Waals surface area contributed by atoms with Crippen LogP contribution in [0.5, 0.6) is 0 Å². The van der Waals surface area contributed by atoms with E-state index in [1.165, 1.54) is 12.1 Å². The number of aromatic nitrogens is 1. The SMILES string of the molecule is CN=C(NCCc1ccc(C(F)(F)F)cc1)NCc1cccc2cccnc12.I. The number of hydrogen-bond acceptors (Lipinski definition) is 2. The Hall–Kier alpha value is -2.36. The van der Waals surface area contributed by atoms with Crippen LogP contribution in [0, 0.1) is 0 Å². The van der Waals surface area contributed by atoms with E-state index in [-0.39, 0.29) is 24.0 Å². The van der Waals surface area contributed by atoms with Crippen molar-refractivity contribution in [2.75, 3.05) is 13.6 Å². The van der Waals surface area contributed by atoms with Gasteiger partial charge in [0.25, 0.3) is 0 Å². The number of para-hydroxylation sites is 1. The average Bonchev–Trinajstić information content (AvgIpc) is 2.70. The Balaban J connectivity index is 0.00000300. The van der Waals surface area contributed by atoms with Crippen molar-refractivity contribution >= 4 is 40.8 Å². The minimum atomic E-state index is -4.31. The summed E-state index contributed by atoms with van der Waals surface area (Å²) in [7, 11) is 1.68. The summed E-state index contributed by atoms with van der Waals surface area (Å²) in [6, 6.07) is 15.2. The molecule has 29 heavy (non-hydrogen) atoms. The molecule has 0 amide bonds. The molecule has 0 aliphatic heterocycles. The molecule has 1 aromatic heterocycles. The zero-order valence-electron chi connectivity index (χ0n) is 15.8. The van der Waals surface area contributed by atoms with Gasteiger partial charge in [0, 0.05) is 31.7 Å². The zero-order chi connectivity index (χ0) is 20.0. The number of nitrogens with zero attached hydrogens (tertiary/aromatic N) is 2. The van der Waals surface area contributed by atoms with Crippen LogP contribution in [0.2, 0.25) is 0 Å². The highest BCUT2D eigenvalue weighted by atomic mass is 127.